The Morgan fingerprint density at radius 1 is 1.37 bits per heavy atom. The van der Waals surface area contributed by atoms with Crippen LogP contribution >= 0.6 is 15.9 Å². The molecule has 1 aliphatic rings. The van der Waals surface area contributed by atoms with Gasteiger partial charge in [-0.3, -0.25) is 4.79 Å². The van der Waals surface area contributed by atoms with Gasteiger partial charge in [0.1, 0.15) is 11.9 Å². The Kier molecular flexibility index (Phi) is 4.16. The van der Waals surface area contributed by atoms with Crippen molar-refractivity contribution in [3.05, 3.63) is 28.5 Å². The molecule has 1 aromatic rings. The van der Waals surface area contributed by atoms with Crippen molar-refractivity contribution in [1.82, 2.24) is 0 Å². The fourth-order valence-corrected chi connectivity index (χ4v) is 2.27. The number of ether oxygens (including phenoxy) is 1. The van der Waals surface area contributed by atoms with E-state index in [9.17, 15) is 14.0 Å². The molecule has 2 unspecified atom stereocenters. The molecule has 5 nitrogen and oxygen atoms in total. The van der Waals surface area contributed by atoms with Gasteiger partial charge in [-0.25, -0.2) is 9.18 Å². The summed E-state index contributed by atoms with van der Waals surface area (Å²) < 4.78 is 19.0. The van der Waals surface area contributed by atoms with Crippen LogP contribution in [0.1, 0.15) is 12.8 Å². The summed E-state index contributed by atoms with van der Waals surface area (Å²) in [6, 6.07) is 4.31. The number of para-hydroxylation sites is 1. The lowest BCUT2D eigenvalue weighted by Crippen LogP contribution is -2.30. The smallest absolute Gasteiger partial charge is 0.332 e. The minimum absolute atomic E-state index is 0.0230. The van der Waals surface area contributed by atoms with Gasteiger partial charge in [0.25, 0.3) is 5.91 Å². The van der Waals surface area contributed by atoms with E-state index in [1.165, 1.54) is 12.1 Å². The van der Waals surface area contributed by atoms with Crippen molar-refractivity contribution in [2.45, 2.75) is 25.0 Å². The van der Waals surface area contributed by atoms with Gasteiger partial charge in [-0.15, -0.1) is 0 Å². The maximum Gasteiger partial charge on any atom is 0.332 e. The predicted octanol–water partition coefficient (Wildman–Crippen LogP) is 2.16. The van der Waals surface area contributed by atoms with Crippen molar-refractivity contribution >= 4 is 33.5 Å². The SMILES string of the molecule is O=C(O)C1CCC(C(=O)Nc2c(F)cccc2Br)O1. The third-order valence-electron chi connectivity index (χ3n) is 2.80. The summed E-state index contributed by atoms with van der Waals surface area (Å²) in [7, 11) is 0. The molecule has 1 heterocycles. The molecule has 1 amide bonds. The molecule has 2 N–H and O–H groups in total. The number of carbonyl (C=O) groups excluding carboxylic acids is 1. The van der Waals surface area contributed by atoms with E-state index in [2.05, 4.69) is 21.2 Å². The van der Waals surface area contributed by atoms with Gasteiger partial charge in [0.05, 0.1) is 5.69 Å². The molecule has 2 atom stereocenters. The normalized spacial score (nSPS) is 22.2. The van der Waals surface area contributed by atoms with Crippen LogP contribution < -0.4 is 5.32 Å². The molecule has 0 spiro atoms. The minimum Gasteiger partial charge on any atom is -0.479 e. The molecular formula is C12H11BrFNO4. The van der Waals surface area contributed by atoms with E-state index in [0.717, 1.165) is 0 Å². The first-order valence-corrected chi connectivity index (χ1v) is 6.41. The molecule has 0 bridgehead atoms. The first-order chi connectivity index (χ1) is 8.99. The Balaban J connectivity index is 2.04. The number of halogens is 2. The first-order valence-electron chi connectivity index (χ1n) is 5.62. The average Bonchev–Trinajstić information content (AvgIpc) is 2.83. The summed E-state index contributed by atoms with van der Waals surface area (Å²) in [5.41, 5.74) is 0.0230. The standard InChI is InChI=1S/C12H11BrFNO4/c13-6-2-1-3-7(14)10(6)15-11(16)8-4-5-9(19-8)12(17)18/h1-3,8-9H,4-5H2,(H,15,16)(H,17,18). The van der Waals surface area contributed by atoms with Crippen LogP contribution in [0.4, 0.5) is 10.1 Å². The van der Waals surface area contributed by atoms with Crippen LogP contribution in [0.15, 0.2) is 22.7 Å². The number of carboxylic acid groups (broad SMARTS) is 1. The topological polar surface area (TPSA) is 75.6 Å². The molecule has 19 heavy (non-hydrogen) atoms. The second-order valence-corrected chi connectivity index (χ2v) is 4.97. The number of rotatable bonds is 3. The van der Waals surface area contributed by atoms with Gasteiger partial charge in [0.2, 0.25) is 0 Å². The quantitative estimate of drug-likeness (QED) is 0.889. The summed E-state index contributed by atoms with van der Waals surface area (Å²) in [4.78, 5) is 22.6. The Bertz CT molecular complexity index is 502. The minimum atomic E-state index is -1.10. The highest BCUT2D eigenvalue weighted by Gasteiger charge is 2.35. The van der Waals surface area contributed by atoms with Crippen LogP contribution in [0.5, 0.6) is 0 Å². The van der Waals surface area contributed by atoms with Crippen molar-refractivity contribution in [2.75, 3.05) is 5.32 Å². The summed E-state index contributed by atoms with van der Waals surface area (Å²) in [5, 5.41) is 11.2. The van der Waals surface area contributed by atoms with E-state index in [1.54, 1.807) is 6.07 Å². The molecule has 0 aliphatic carbocycles. The summed E-state index contributed by atoms with van der Waals surface area (Å²) >= 11 is 3.13. The molecule has 0 aromatic heterocycles. The van der Waals surface area contributed by atoms with Crippen LogP contribution in [0.25, 0.3) is 0 Å². The fraction of sp³-hybridized carbons (Fsp3) is 0.333. The molecule has 7 heteroatoms. The lowest BCUT2D eigenvalue weighted by atomic mass is 10.2. The highest BCUT2D eigenvalue weighted by atomic mass is 79.9. The monoisotopic (exact) mass is 331 g/mol. The van der Waals surface area contributed by atoms with Gasteiger partial charge in [-0.2, -0.15) is 0 Å². The number of nitrogens with one attached hydrogen (secondary N) is 1. The van der Waals surface area contributed by atoms with E-state index in [4.69, 9.17) is 9.84 Å². The third-order valence-corrected chi connectivity index (χ3v) is 3.46. The van der Waals surface area contributed by atoms with Crippen LogP contribution in [0, 0.1) is 5.82 Å². The zero-order valence-corrected chi connectivity index (χ0v) is 11.3. The van der Waals surface area contributed by atoms with Crippen LogP contribution in [0.3, 0.4) is 0 Å². The Morgan fingerprint density at radius 3 is 2.63 bits per heavy atom. The van der Waals surface area contributed by atoms with Crippen molar-refractivity contribution in [2.24, 2.45) is 0 Å². The predicted molar refractivity (Wildman–Crippen MR) is 68.3 cm³/mol. The van der Waals surface area contributed by atoms with Crippen LogP contribution in [-0.2, 0) is 14.3 Å². The number of carboxylic acids is 1. The maximum absolute atomic E-state index is 13.5. The Hall–Kier alpha value is -1.47. The highest BCUT2D eigenvalue weighted by Crippen LogP contribution is 2.27. The van der Waals surface area contributed by atoms with Crippen LogP contribution in [0.2, 0.25) is 0 Å². The zero-order chi connectivity index (χ0) is 14.0. The van der Waals surface area contributed by atoms with Crippen LogP contribution in [-0.4, -0.2) is 29.2 Å². The second kappa shape index (κ2) is 5.66. The van der Waals surface area contributed by atoms with Crippen molar-refractivity contribution in [1.29, 1.82) is 0 Å². The third kappa shape index (κ3) is 3.10. The fourth-order valence-electron chi connectivity index (χ4n) is 1.83. The number of aliphatic carboxylic acids is 1. The molecule has 0 saturated carbocycles. The average molecular weight is 332 g/mol. The van der Waals surface area contributed by atoms with Gasteiger partial charge >= 0.3 is 5.97 Å². The molecule has 0 radical (unpaired) electrons. The van der Waals surface area contributed by atoms with E-state index >= 15 is 0 Å². The number of amides is 1. The number of anilines is 1. The summed E-state index contributed by atoms with van der Waals surface area (Å²) in [5.74, 6) is -2.22. The first kappa shape index (κ1) is 14.0. The van der Waals surface area contributed by atoms with E-state index in [-0.39, 0.29) is 12.1 Å². The lowest BCUT2D eigenvalue weighted by molar-refractivity contribution is -0.150. The van der Waals surface area contributed by atoms with Gasteiger partial charge in [-0.05, 0) is 40.9 Å². The summed E-state index contributed by atoms with van der Waals surface area (Å²) in [6.07, 6.45) is -1.27. The molecule has 1 aliphatic heterocycles. The zero-order valence-electron chi connectivity index (χ0n) is 9.73. The van der Waals surface area contributed by atoms with Gasteiger partial charge in [0, 0.05) is 4.47 Å². The number of hydrogen-bond acceptors (Lipinski definition) is 3. The number of hydrogen-bond donors (Lipinski definition) is 2. The maximum atomic E-state index is 13.5. The molecule has 2 rings (SSSR count). The van der Waals surface area contributed by atoms with Crippen molar-refractivity contribution in [3.63, 3.8) is 0 Å². The van der Waals surface area contributed by atoms with E-state index in [0.29, 0.717) is 10.9 Å². The molecule has 102 valence electrons. The number of carbonyl (C=O) groups is 2. The van der Waals surface area contributed by atoms with Gasteiger partial charge in [-0.1, -0.05) is 6.07 Å². The Morgan fingerprint density at radius 2 is 2.05 bits per heavy atom. The second-order valence-electron chi connectivity index (χ2n) is 4.11. The molecule has 1 fully saturated rings. The Labute approximate surface area is 116 Å². The van der Waals surface area contributed by atoms with E-state index in [1.807, 2.05) is 0 Å². The molecule has 1 aromatic carbocycles. The molecular weight excluding hydrogens is 321 g/mol. The lowest BCUT2D eigenvalue weighted by Gasteiger charge is -2.13. The number of benzene rings is 1. The largest absolute Gasteiger partial charge is 0.479 e. The van der Waals surface area contributed by atoms with Crippen molar-refractivity contribution in [3.8, 4) is 0 Å². The van der Waals surface area contributed by atoms with Gasteiger partial charge < -0.3 is 15.2 Å². The summed E-state index contributed by atoms with van der Waals surface area (Å²) in [6.45, 7) is 0. The van der Waals surface area contributed by atoms with Gasteiger partial charge in [0.15, 0.2) is 6.10 Å². The molecule has 1 saturated heterocycles. The van der Waals surface area contributed by atoms with Crippen molar-refractivity contribution < 1.29 is 23.8 Å². The van der Waals surface area contributed by atoms with E-state index < -0.39 is 29.9 Å². The highest BCUT2D eigenvalue weighted by molar-refractivity contribution is 9.10.